The minimum absolute atomic E-state index is 0.00873. The summed E-state index contributed by atoms with van der Waals surface area (Å²) < 4.78 is 41.1. The fraction of sp³-hybridized carbons (Fsp3) is 0.367. The average molecular weight is 479 g/mol. The van der Waals surface area contributed by atoms with Crippen LogP contribution in [0.3, 0.4) is 0 Å². The Kier molecular flexibility index (Phi) is 8.29. The smallest absolute Gasteiger partial charge is 0.338 e. The topological polar surface area (TPSA) is 35.5 Å². The van der Waals surface area contributed by atoms with Gasteiger partial charge in [-0.25, -0.2) is 13.6 Å². The van der Waals surface area contributed by atoms with Gasteiger partial charge in [-0.05, 0) is 85.9 Å². The number of carbonyl (C=O) groups excluding carboxylic acids is 1. The van der Waals surface area contributed by atoms with E-state index in [1.807, 2.05) is 44.2 Å². The first kappa shape index (κ1) is 25.1. The maximum Gasteiger partial charge on any atom is 0.338 e. The van der Waals surface area contributed by atoms with E-state index in [2.05, 4.69) is 0 Å². The molecule has 1 atom stereocenters. The molecular formula is C30H32F2O3. The Labute approximate surface area is 206 Å². The van der Waals surface area contributed by atoms with E-state index in [4.69, 9.17) is 9.47 Å². The highest BCUT2D eigenvalue weighted by Crippen LogP contribution is 2.29. The van der Waals surface area contributed by atoms with Gasteiger partial charge in [0.25, 0.3) is 0 Å². The fourth-order valence-electron chi connectivity index (χ4n) is 4.74. The number of hydrogen-bond donors (Lipinski definition) is 0. The predicted molar refractivity (Wildman–Crippen MR) is 133 cm³/mol. The van der Waals surface area contributed by atoms with E-state index in [0.29, 0.717) is 23.3 Å². The third-order valence-corrected chi connectivity index (χ3v) is 6.77. The lowest BCUT2D eigenvalue weighted by Crippen LogP contribution is -2.28. The largest absolute Gasteiger partial charge is 0.459 e. The third-order valence-electron chi connectivity index (χ3n) is 6.77. The van der Waals surface area contributed by atoms with E-state index in [1.165, 1.54) is 12.1 Å². The Balaban J connectivity index is 1.40. The van der Waals surface area contributed by atoms with Crippen molar-refractivity contribution in [3.63, 3.8) is 0 Å². The number of carbonyl (C=O) groups is 1. The second-order valence-corrected chi connectivity index (χ2v) is 9.27. The normalized spacial score (nSPS) is 18.7. The lowest BCUT2D eigenvalue weighted by Gasteiger charge is -2.28. The molecule has 184 valence electrons. The van der Waals surface area contributed by atoms with Crippen LogP contribution >= 0.6 is 0 Å². The van der Waals surface area contributed by atoms with Crippen molar-refractivity contribution in [3.05, 3.63) is 95.1 Å². The molecule has 0 aromatic heterocycles. The molecule has 1 unspecified atom stereocenters. The van der Waals surface area contributed by atoms with Crippen LogP contribution in [-0.4, -0.2) is 24.8 Å². The van der Waals surface area contributed by atoms with Crippen LogP contribution in [0.1, 0.15) is 66.9 Å². The molecule has 0 spiro atoms. The van der Waals surface area contributed by atoms with Gasteiger partial charge in [0.2, 0.25) is 0 Å². The molecule has 3 nitrogen and oxygen atoms in total. The molecule has 1 aliphatic carbocycles. The van der Waals surface area contributed by atoms with Crippen molar-refractivity contribution in [1.82, 2.24) is 0 Å². The van der Waals surface area contributed by atoms with Gasteiger partial charge < -0.3 is 9.47 Å². The lowest BCUT2D eigenvalue weighted by molar-refractivity contribution is -0.0163. The monoisotopic (exact) mass is 478 g/mol. The number of ether oxygens (including phenoxy) is 2. The molecular weight excluding hydrogens is 446 g/mol. The van der Waals surface area contributed by atoms with Gasteiger partial charge >= 0.3 is 5.97 Å². The van der Waals surface area contributed by atoms with Gasteiger partial charge in [-0.15, -0.1) is 0 Å². The van der Waals surface area contributed by atoms with Gasteiger partial charge in [0.05, 0.1) is 11.7 Å². The van der Waals surface area contributed by atoms with Crippen molar-refractivity contribution >= 4 is 5.97 Å². The highest BCUT2D eigenvalue weighted by molar-refractivity contribution is 5.90. The zero-order chi connectivity index (χ0) is 24.8. The van der Waals surface area contributed by atoms with E-state index >= 15 is 0 Å². The van der Waals surface area contributed by atoms with Crippen molar-refractivity contribution in [2.75, 3.05) is 6.61 Å². The van der Waals surface area contributed by atoms with Crippen LogP contribution in [0.15, 0.2) is 66.7 Å². The fourth-order valence-corrected chi connectivity index (χ4v) is 4.74. The van der Waals surface area contributed by atoms with Crippen molar-refractivity contribution in [3.8, 4) is 11.1 Å². The molecule has 0 amide bonds. The van der Waals surface area contributed by atoms with Gasteiger partial charge in [0.15, 0.2) is 0 Å². The number of benzene rings is 3. The second kappa shape index (κ2) is 11.6. The highest BCUT2D eigenvalue weighted by Gasteiger charge is 2.24. The molecule has 1 saturated carbocycles. The quantitative estimate of drug-likeness (QED) is 0.315. The molecule has 3 aromatic rings. The lowest BCUT2D eigenvalue weighted by atomic mass is 9.92. The Hall–Kier alpha value is -3.05. The molecule has 5 heteroatoms. The van der Waals surface area contributed by atoms with Crippen molar-refractivity contribution in [2.24, 2.45) is 0 Å². The standard InChI is InChI=1S/C30H32F2O3/c1-3-34-25-13-15-26(16-14-25)35-30(33)23-11-9-22(10-12-23)24-18-28(31)27(29(32)19-24)17-20(2)21-7-5-4-6-8-21/h4-12,18-20,25-26H,3,13-17H2,1-2H3. The first-order valence-corrected chi connectivity index (χ1v) is 12.4. The first-order valence-electron chi connectivity index (χ1n) is 12.4. The third kappa shape index (κ3) is 6.34. The molecule has 0 heterocycles. The molecule has 35 heavy (non-hydrogen) atoms. The van der Waals surface area contributed by atoms with E-state index < -0.39 is 11.6 Å². The van der Waals surface area contributed by atoms with Gasteiger partial charge in [-0.3, -0.25) is 0 Å². The summed E-state index contributed by atoms with van der Waals surface area (Å²) in [4.78, 5) is 12.6. The number of halogens is 2. The summed E-state index contributed by atoms with van der Waals surface area (Å²) in [7, 11) is 0. The maximum atomic E-state index is 14.9. The Morgan fingerprint density at radius 3 is 2.09 bits per heavy atom. The summed E-state index contributed by atoms with van der Waals surface area (Å²) in [6.45, 7) is 4.65. The Bertz CT molecular complexity index is 1100. The summed E-state index contributed by atoms with van der Waals surface area (Å²) in [5, 5.41) is 0. The van der Waals surface area contributed by atoms with Gasteiger partial charge in [0.1, 0.15) is 17.7 Å². The molecule has 0 radical (unpaired) electrons. The summed E-state index contributed by atoms with van der Waals surface area (Å²) in [5.41, 5.74) is 2.63. The molecule has 0 saturated heterocycles. The molecule has 3 aromatic carbocycles. The van der Waals surface area contributed by atoms with Crippen molar-refractivity contribution < 1.29 is 23.0 Å². The Morgan fingerprint density at radius 1 is 0.886 bits per heavy atom. The summed E-state index contributed by atoms with van der Waals surface area (Å²) in [6.07, 6.45) is 3.80. The SMILES string of the molecule is CCOC1CCC(OC(=O)c2ccc(-c3cc(F)c(CC(C)c4ccccc4)c(F)c3)cc2)CC1. The second-order valence-electron chi connectivity index (χ2n) is 9.27. The van der Waals surface area contributed by atoms with Crippen LogP contribution in [0, 0.1) is 11.6 Å². The summed E-state index contributed by atoms with van der Waals surface area (Å²) >= 11 is 0. The zero-order valence-corrected chi connectivity index (χ0v) is 20.3. The van der Waals surface area contributed by atoms with Crippen molar-refractivity contribution in [1.29, 1.82) is 0 Å². The van der Waals surface area contributed by atoms with Crippen LogP contribution in [-0.2, 0) is 15.9 Å². The van der Waals surface area contributed by atoms with Crippen LogP contribution in [0.25, 0.3) is 11.1 Å². The van der Waals surface area contributed by atoms with E-state index in [-0.39, 0.29) is 36.1 Å². The first-order chi connectivity index (χ1) is 16.9. The summed E-state index contributed by atoms with van der Waals surface area (Å²) in [6, 6.07) is 19.1. The minimum atomic E-state index is -0.561. The van der Waals surface area contributed by atoms with Gasteiger partial charge in [0, 0.05) is 12.2 Å². The summed E-state index contributed by atoms with van der Waals surface area (Å²) in [5.74, 6) is -1.51. The Morgan fingerprint density at radius 2 is 1.49 bits per heavy atom. The predicted octanol–water partition coefficient (Wildman–Crippen LogP) is 7.48. The van der Waals surface area contributed by atoms with Crippen LogP contribution < -0.4 is 0 Å². The molecule has 0 N–H and O–H groups in total. The van der Waals surface area contributed by atoms with Crippen LogP contribution in [0.4, 0.5) is 8.78 Å². The van der Waals surface area contributed by atoms with Gasteiger partial charge in [-0.2, -0.15) is 0 Å². The molecule has 0 bridgehead atoms. The molecule has 1 aliphatic rings. The molecule has 0 aliphatic heterocycles. The van der Waals surface area contributed by atoms with E-state index in [9.17, 15) is 13.6 Å². The van der Waals surface area contributed by atoms with E-state index in [0.717, 1.165) is 31.2 Å². The molecule has 1 fully saturated rings. The highest BCUT2D eigenvalue weighted by atomic mass is 19.1. The molecule has 4 rings (SSSR count). The number of esters is 1. The van der Waals surface area contributed by atoms with E-state index in [1.54, 1.807) is 24.3 Å². The average Bonchev–Trinajstić information content (AvgIpc) is 2.88. The van der Waals surface area contributed by atoms with Crippen LogP contribution in [0.5, 0.6) is 0 Å². The van der Waals surface area contributed by atoms with Crippen molar-refractivity contribution in [2.45, 2.75) is 64.1 Å². The minimum Gasteiger partial charge on any atom is -0.459 e. The number of rotatable bonds is 8. The number of hydrogen-bond acceptors (Lipinski definition) is 3. The zero-order valence-electron chi connectivity index (χ0n) is 20.3. The maximum absolute atomic E-state index is 14.9. The van der Waals surface area contributed by atoms with Crippen LogP contribution in [0.2, 0.25) is 0 Å². The van der Waals surface area contributed by atoms with Gasteiger partial charge in [-0.1, -0.05) is 49.4 Å².